The molecule has 0 aromatic carbocycles. The summed E-state index contributed by atoms with van der Waals surface area (Å²) in [5.41, 5.74) is 5.26. The number of nitrogens with two attached hydrogens (primary N) is 1. The Hall–Kier alpha value is -1.41. The van der Waals surface area contributed by atoms with Crippen molar-refractivity contribution in [1.82, 2.24) is 14.3 Å². The number of nitrogens with zero attached hydrogens (tertiary/aromatic N) is 2. The molecule has 0 fully saturated rings. The Bertz CT molecular complexity index is 500. The van der Waals surface area contributed by atoms with E-state index in [4.69, 9.17) is 11.1 Å². The minimum absolute atomic E-state index is 0.0201. The maximum absolute atomic E-state index is 11.8. The largest absolute Gasteiger partial charge is 0.387 e. The van der Waals surface area contributed by atoms with Crippen LogP contribution >= 0.6 is 0 Å². The molecule has 1 aromatic heterocycles. The minimum Gasteiger partial charge on any atom is -0.387 e. The Kier molecular flexibility index (Phi) is 3.89. The first kappa shape index (κ1) is 13.7. The standard InChI is InChI=1S/C9H17N5O2S/c1-6(9(10)11)4-12-17(15,16)8-5-14(3)7(2)13-8/h5-6,12H,4H2,1-3H3,(H3,10,11). The van der Waals surface area contributed by atoms with E-state index in [-0.39, 0.29) is 23.3 Å². The van der Waals surface area contributed by atoms with Crippen LogP contribution in [0.3, 0.4) is 0 Å². The Morgan fingerprint density at radius 2 is 2.29 bits per heavy atom. The highest BCUT2D eigenvalue weighted by atomic mass is 32.2. The van der Waals surface area contributed by atoms with Gasteiger partial charge in [-0.3, -0.25) is 5.41 Å². The van der Waals surface area contributed by atoms with Crippen LogP contribution in [0.1, 0.15) is 12.7 Å². The molecular formula is C9H17N5O2S. The van der Waals surface area contributed by atoms with Gasteiger partial charge in [0.2, 0.25) is 0 Å². The second-order valence-corrected chi connectivity index (χ2v) is 5.66. The third kappa shape index (κ3) is 3.27. The summed E-state index contributed by atoms with van der Waals surface area (Å²) in [5, 5.41) is 7.15. The van der Waals surface area contributed by atoms with E-state index >= 15 is 0 Å². The monoisotopic (exact) mass is 259 g/mol. The topological polar surface area (TPSA) is 114 Å². The van der Waals surface area contributed by atoms with Crippen LogP contribution < -0.4 is 10.5 Å². The number of rotatable bonds is 5. The Balaban J connectivity index is 2.79. The van der Waals surface area contributed by atoms with Gasteiger partial charge in [0.25, 0.3) is 10.0 Å². The summed E-state index contributed by atoms with van der Waals surface area (Å²) < 4.78 is 27.7. The normalized spacial score (nSPS) is 13.6. The molecule has 1 atom stereocenters. The maximum atomic E-state index is 11.8. The summed E-state index contributed by atoms with van der Waals surface area (Å²) in [6, 6.07) is 0. The van der Waals surface area contributed by atoms with Crippen LogP contribution in [0.4, 0.5) is 0 Å². The number of nitrogens with one attached hydrogen (secondary N) is 2. The number of aryl methyl sites for hydroxylation is 2. The van der Waals surface area contributed by atoms with Crippen LogP contribution in [0.5, 0.6) is 0 Å². The van der Waals surface area contributed by atoms with Gasteiger partial charge in [-0.25, -0.2) is 18.1 Å². The van der Waals surface area contributed by atoms with E-state index in [0.717, 1.165) is 0 Å². The van der Waals surface area contributed by atoms with E-state index in [1.54, 1.807) is 25.5 Å². The van der Waals surface area contributed by atoms with Crippen LogP contribution in [-0.2, 0) is 17.1 Å². The predicted octanol–water partition coefficient (Wildman–Crippen LogP) is -0.421. The van der Waals surface area contributed by atoms with Crippen molar-refractivity contribution in [3.05, 3.63) is 12.0 Å². The molecule has 96 valence electrons. The first-order chi connectivity index (χ1) is 7.74. The third-order valence-electron chi connectivity index (χ3n) is 2.47. The fourth-order valence-corrected chi connectivity index (χ4v) is 2.24. The number of hydrogen-bond donors (Lipinski definition) is 3. The van der Waals surface area contributed by atoms with Gasteiger partial charge in [0, 0.05) is 25.7 Å². The molecule has 0 radical (unpaired) electrons. The summed E-state index contributed by atoms with van der Waals surface area (Å²) >= 11 is 0. The molecule has 1 aromatic rings. The summed E-state index contributed by atoms with van der Waals surface area (Å²) in [6.45, 7) is 3.49. The summed E-state index contributed by atoms with van der Waals surface area (Å²) in [6.07, 6.45) is 1.44. The highest BCUT2D eigenvalue weighted by Gasteiger charge is 2.19. The van der Waals surface area contributed by atoms with Gasteiger partial charge < -0.3 is 10.3 Å². The van der Waals surface area contributed by atoms with Gasteiger partial charge in [-0.15, -0.1) is 0 Å². The van der Waals surface area contributed by atoms with Crippen LogP contribution in [-0.4, -0.2) is 30.3 Å². The zero-order valence-electron chi connectivity index (χ0n) is 10.1. The van der Waals surface area contributed by atoms with Crippen LogP contribution in [0.25, 0.3) is 0 Å². The molecule has 17 heavy (non-hydrogen) atoms. The third-order valence-corrected chi connectivity index (χ3v) is 3.77. The van der Waals surface area contributed by atoms with Crippen molar-refractivity contribution in [3.8, 4) is 0 Å². The van der Waals surface area contributed by atoms with Crippen molar-refractivity contribution in [2.75, 3.05) is 6.54 Å². The minimum atomic E-state index is -3.62. The molecular weight excluding hydrogens is 242 g/mol. The van der Waals surface area contributed by atoms with Crippen molar-refractivity contribution < 1.29 is 8.42 Å². The van der Waals surface area contributed by atoms with E-state index in [9.17, 15) is 8.42 Å². The van der Waals surface area contributed by atoms with Crippen LogP contribution in [0.2, 0.25) is 0 Å². The number of imidazole rings is 1. The predicted molar refractivity (Wildman–Crippen MR) is 64.2 cm³/mol. The Morgan fingerprint density at radius 3 is 2.71 bits per heavy atom. The molecule has 1 heterocycles. The fraction of sp³-hybridized carbons (Fsp3) is 0.556. The average Bonchev–Trinajstić information content (AvgIpc) is 2.56. The van der Waals surface area contributed by atoms with Crippen LogP contribution in [0.15, 0.2) is 11.2 Å². The molecule has 0 aliphatic rings. The van der Waals surface area contributed by atoms with E-state index in [1.165, 1.54) is 6.20 Å². The number of amidine groups is 1. The van der Waals surface area contributed by atoms with Gasteiger partial charge in [0.1, 0.15) is 5.82 Å². The second-order valence-electron chi connectivity index (χ2n) is 3.95. The van der Waals surface area contributed by atoms with Crippen molar-refractivity contribution in [2.24, 2.45) is 18.7 Å². The number of hydrogen-bond acceptors (Lipinski definition) is 4. The van der Waals surface area contributed by atoms with Crippen LogP contribution in [0, 0.1) is 18.3 Å². The molecule has 0 saturated carbocycles. The van der Waals surface area contributed by atoms with Crippen molar-refractivity contribution >= 4 is 15.9 Å². The van der Waals surface area contributed by atoms with Gasteiger partial charge in [-0.1, -0.05) is 6.92 Å². The van der Waals surface area contributed by atoms with Gasteiger partial charge in [-0.05, 0) is 6.92 Å². The van der Waals surface area contributed by atoms with Gasteiger partial charge in [0.15, 0.2) is 5.03 Å². The van der Waals surface area contributed by atoms with Gasteiger partial charge >= 0.3 is 0 Å². The first-order valence-corrected chi connectivity index (χ1v) is 6.56. The molecule has 0 amide bonds. The lowest BCUT2D eigenvalue weighted by atomic mass is 10.2. The molecule has 8 heteroatoms. The summed E-state index contributed by atoms with van der Waals surface area (Å²) in [4.78, 5) is 3.93. The van der Waals surface area contributed by atoms with Gasteiger partial charge in [-0.2, -0.15) is 0 Å². The maximum Gasteiger partial charge on any atom is 0.259 e. The Morgan fingerprint density at radius 1 is 1.71 bits per heavy atom. The molecule has 0 aliphatic heterocycles. The summed E-state index contributed by atoms with van der Waals surface area (Å²) in [7, 11) is -1.90. The van der Waals surface area contributed by atoms with Gasteiger partial charge in [0.05, 0.1) is 5.84 Å². The van der Waals surface area contributed by atoms with Crippen molar-refractivity contribution in [3.63, 3.8) is 0 Å². The second kappa shape index (κ2) is 4.84. The zero-order valence-corrected chi connectivity index (χ0v) is 10.9. The van der Waals surface area contributed by atoms with E-state index < -0.39 is 10.0 Å². The highest BCUT2D eigenvalue weighted by molar-refractivity contribution is 7.89. The molecule has 1 unspecified atom stereocenters. The molecule has 0 saturated heterocycles. The quantitative estimate of drug-likeness (QED) is 0.492. The number of sulfonamides is 1. The first-order valence-electron chi connectivity index (χ1n) is 5.07. The lowest BCUT2D eigenvalue weighted by molar-refractivity contribution is 0.571. The molecule has 0 aliphatic carbocycles. The summed E-state index contributed by atoms with van der Waals surface area (Å²) in [5.74, 6) is 0.226. The van der Waals surface area contributed by atoms with Crippen molar-refractivity contribution in [1.29, 1.82) is 5.41 Å². The smallest absolute Gasteiger partial charge is 0.259 e. The molecule has 0 spiro atoms. The van der Waals surface area contributed by atoms with E-state index in [2.05, 4.69) is 9.71 Å². The zero-order chi connectivity index (χ0) is 13.2. The number of aromatic nitrogens is 2. The lowest BCUT2D eigenvalue weighted by Crippen LogP contribution is -2.34. The van der Waals surface area contributed by atoms with E-state index in [0.29, 0.717) is 5.82 Å². The molecule has 1 rings (SSSR count). The Labute approximate surface area is 101 Å². The lowest BCUT2D eigenvalue weighted by Gasteiger charge is -2.09. The molecule has 7 nitrogen and oxygen atoms in total. The average molecular weight is 259 g/mol. The molecule has 4 N–H and O–H groups in total. The molecule has 0 bridgehead atoms. The highest BCUT2D eigenvalue weighted by Crippen LogP contribution is 2.07. The van der Waals surface area contributed by atoms with E-state index in [1.807, 2.05) is 0 Å². The van der Waals surface area contributed by atoms with Crippen molar-refractivity contribution in [2.45, 2.75) is 18.9 Å². The fourth-order valence-electron chi connectivity index (χ4n) is 1.07. The SMILES string of the molecule is Cc1nc(S(=O)(=O)NCC(C)C(=N)N)cn1C.